The minimum Gasteiger partial charge on any atom is -0.481 e. The number of carboxylic acids is 1. The number of rotatable bonds is 5. The maximum Gasteiger partial charge on any atom is 0.311 e. The summed E-state index contributed by atoms with van der Waals surface area (Å²) in [5.41, 5.74) is 0.574. The van der Waals surface area contributed by atoms with Gasteiger partial charge in [-0.1, -0.05) is 0 Å². The summed E-state index contributed by atoms with van der Waals surface area (Å²) < 4.78 is 0. The second kappa shape index (κ2) is 5.24. The molecule has 0 spiro atoms. The van der Waals surface area contributed by atoms with Gasteiger partial charge in [-0.2, -0.15) is 0 Å². The van der Waals surface area contributed by atoms with Gasteiger partial charge >= 0.3 is 11.7 Å². The number of carbonyl (C=O) groups is 1. The standard InChI is InChI=1S/C10H13N3O4/c1-7-5-8(13(16)17)10(11-6-7)12(2)4-3-9(14)15/h5-6H,3-4H2,1-2H3,(H,14,15). The highest BCUT2D eigenvalue weighted by Gasteiger charge is 2.19. The molecule has 0 atom stereocenters. The zero-order valence-corrected chi connectivity index (χ0v) is 9.58. The highest BCUT2D eigenvalue weighted by molar-refractivity contribution is 5.68. The molecule has 0 bridgehead atoms. The van der Waals surface area contributed by atoms with Crippen LogP contribution in [0.5, 0.6) is 0 Å². The molecule has 1 N–H and O–H groups in total. The molecular formula is C10H13N3O4. The SMILES string of the molecule is Cc1cnc(N(C)CCC(=O)O)c([N+](=O)[O-])c1. The molecule has 0 unspecified atom stereocenters. The third kappa shape index (κ3) is 3.40. The van der Waals surface area contributed by atoms with Crippen molar-refractivity contribution in [2.75, 3.05) is 18.5 Å². The Morgan fingerprint density at radius 2 is 2.29 bits per heavy atom. The molecule has 7 nitrogen and oxygen atoms in total. The van der Waals surface area contributed by atoms with Gasteiger partial charge in [0.05, 0.1) is 11.3 Å². The molecule has 0 aliphatic heterocycles. The summed E-state index contributed by atoms with van der Waals surface area (Å²) in [6, 6.07) is 1.42. The molecule has 1 heterocycles. The Morgan fingerprint density at radius 3 is 2.82 bits per heavy atom. The average molecular weight is 239 g/mol. The topological polar surface area (TPSA) is 96.6 Å². The van der Waals surface area contributed by atoms with E-state index in [1.807, 2.05) is 0 Å². The lowest BCUT2D eigenvalue weighted by Gasteiger charge is -2.16. The van der Waals surface area contributed by atoms with Crippen molar-refractivity contribution >= 4 is 17.5 Å². The maximum atomic E-state index is 10.8. The van der Waals surface area contributed by atoms with Crippen molar-refractivity contribution in [3.05, 3.63) is 27.9 Å². The van der Waals surface area contributed by atoms with Gasteiger partial charge in [-0.25, -0.2) is 4.98 Å². The van der Waals surface area contributed by atoms with E-state index in [0.717, 1.165) is 0 Å². The van der Waals surface area contributed by atoms with E-state index in [2.05, 4.69) is 4.98 Å². The number of aryl methyl sites for hydroxylation is 1. The zero-order valence-electron chi connectivity index (χ0n) is 9.58. The summed E-state index contributed by atoms with van der Waals surface area (Å²) in [4.78, 5) is 26.2. The molecule has 17 heavy (non-hydrogen) atoms. The fourth-order valence-corrected chi connectivity index (χ4v) is 1.34. The molecule has 0 radical (unpaired) electrons. The number of hydrogen-bond acceptors (Lipinski definition) is 5. The second-order valence-corrected chi connectivity index (χ2v) is 3.68. The van der Waals surface area contributed by atoms with Crippen molar-refractivity contribution in [2.45, 2.75) is 13.3 Å². The van der Waals surface area contributed by atoms with E-state index in [4.69, 9.17) is 5.11 Å². The first kappa shape index (κ1) is 12.9. The van der Waals surface area contributed by atoms with Gasteiger partial charge in [-0.3, -0.25) is 14.9 Å². The normalized spacial score (nSPS) is 10.0. The van der Waals surface area contributed by atoms with Crippen LogP contribution in [-0.2, 0) is 4.79 Å². The molecule has 0 fully saturated rings. The Balaban J connectivity index is 2.96. The van der Waals surface area contributed by atoms with Gasteiger partial charge < -0.3 is 10.0 Å². The summed E-state index contributed by atoms with van der Waals surface area (Å²) in [5.74, 6) is -0.770. The summed E-state index contributed by atoms with van der Waals surface area (Å²) >= 11 is 0. The average Bonchev–Trinajstić information content (AvgIpc) is 2.25. The van der Waals surface area contributed by atoms with E-state index in [1.165, 1.54) is 17.2 Å². The molecule has 1 aromatic heterocycles. The molecule has 0 saturated heterocycles. The summed E-state index contributed by atoms with van der Waals surface area (Å²) in [6.07, 6.45) is 1.42. The van der Waals surface area contributed by atoms with Crippen molar-refractivity contribution in [3.8, 4) is 0 Å². The van der Waals surface area contributed by atoms with Crippen LogP contribution in [0.25, 0.3) is 0 Å². The van der Waals surface area contributed by atoms with Crippen molar-refractivity contribution in [2.24, 2.45) is 0 Å². The number of carboxylic acid groups (broad SMARTS) is 1. The number of nitro groups is 1. The van der Waals surface area contributed by atoms with E-state index in [9.17, 15) is 14.9 Å². The fraction of sp³-hybridized carbons (Fsp3) is 0.400. The summed E-state index contributed by atoms with van der Waals surface area (Å²) in [6.45, 7) is 1.88. The molecule has 1 aromatic rings. The van der Waals surface area contributed by atoms with Gasteiger partial charge in [0.2, 0.25) is 5.82 Å². The highest BCUT2D eigenvalue weighted by atomic mass is 16.6. The van der Waals surface area contributed by atoms with Gasteiger partial charge in [0, 0.05) is 25.9 Å². The molecule has 1 rings (SSSR count). The predicted octanol–water partition coefficient (Wildman–Crippen LogP) is 1.21. The molecule has 0 aliphatic carbocycles. The molecule has 7 heteroatoms. The lowest BCUT2D eigenvalue weighted by Crippen LogP contribution is -2.23. The van der Waals surface area contributed by atoms with E-state index in [-0.39, 0.29) is 24.5 Å². The minimum absolute atomic E-state index is 0.0940. The molecule has 0 saturated carbocycles. The Morgan fingerprint density at radius 1 is 1.65 bits per heavy atom. The third-order valence-corrected chi connectivity index (χ3v) is 2.20. The third-order valence-electron chi connectivity index (χ3n) is 2.20. The summed E-state index contributed by atoms with van der Waals surface area (Å²) in [7, 11) is 1.58. The van der Waals surface area contributed by atoms with Gasteiger partial charge in [0.1, 0.15) is 0 Å². The highest BCUT2D eigenvalue weighted by Crippen LogP contribution is 2.25. The van der Waals surface area contributed by atoms with Crippen molar-refractivity contribution in [1.82, 2.24) is 4.98 Å². The number of anilines is 1. The minimum atomic E-state index is -0.952. The predicted molar refractivity (Wildman–Crippen MR) is 61.2 cm³/mol. The maximum absolute atomic E-state index is 10.8. The monoisotopic (exact) mass is 239 g/mol. The summed E-state index contributed by atoms with van der Waals surface area (Å²) in [5, 5.41) is 19.4. The van der Waals surface area contributed by atoms with Crippen molar-refractivity contribution < 1.29 is 14.8 Å². The Labute approximate surface area is 97.8 Å². The van der Waals surface area contributed by atoms with Crippen LogP contribution in [0.1, 0.15) is 12.0 Å². The van der Waals surface area contributed by atoms with Crippen molar-refractivity contribution in [3.63, 3.8) is 0 Å². The molecule has 0 amide bonds. The number of aliphatic carboxylic acids is 1. The number of pyridine rings is 1. The first-order chi connectivity index (χ1) is 7.91. The van der Waals surface area contributed by atoms with Crippen LogP contribution >= 0.6 is 0 Å². The van der Waals surface area contributed by atoms with E-state index < -0.39 is 10.9 Å². The lowest BCUT2D eigenvalue weighted by molar-refractivity contribution is -0.384. The molecule has 0 aromatic carbocycles. The second-order valence-electron chi connectivity index (χ2n) is 3.68. The van der Waals surface area contributed by atoms with Crippen LogP contribution in [0, 0.1) is 17.0 Å². The van der Waals surface area contributed by atoms with Gasteiger partial charge in [-0.05, 0) is 12.5 Å². The first-order valence-electron chi connectivity index (χ1n) is 4.95. The van der Waals surface area contributed by atoms with Crippen LogP contribution < -0.4 is 4.90 Å². The molecule has 0 aliphatic rings. The van der Waals surface area contributed by atoms with Crippen molar-refractivity contribution in [1.29, 1.82) is 0 Å². The molecular weight excluding hydrogens is 226 g/mol. The smallest absolute Gasteiger partial charge is 0.311 e. The Kier molecular flexibility index (Phi) is 3.97. The Hall–Kier alpha value is -2.18. The van der Waals surface area contributed by atoms with Gasteiger partial charge in [-0.15, -0.1) is 0 Å². The number of aromatic nitrogens is 1. The van der Waals surface area contributed by atoms with E-state index in [0.29, 0.717) is 5.56 Å². The van der Waals surface area contributed by atoms with E-state index >= 15 is 0 Å². The quantitative estimate of drug-likeness (QED) is 0.612. The first-order valence-corrected chi connectivity index (χ1v) is 4.95. The van der Waals surface area contributed by atoms with Crippen LogP contribution in [0.2, 0.25) is 0 Å². The van der Waals surface area contributed by atoms with Gasteiger partial charge in [0.15, 0.2) is 0 Å². The lowest BCUT2D eigenvalue weighted by atomic mass is 10.2. The van der Waals surface area contributed by atoms with Crippen LogP contribution in [0.4, 0.5) is 11.5 Å². The van der Waals surface area contributed by atoms with E-state index in [1.54, 1.807) is 14.0 Å². The Bertz CT molecular complexity index is 447. The largest absolute Gasteiger partial charge is 0.481 e. The molecule has 92 valence electrons. The zero-order chi connectivity index (χ0) is 13.0. The number of nitrogens with zero attached hydrogens (tertiary/aromatic N) is 3. The van der Waals surface area contributed by atoms with Crippen LogP contribution in [-0.4, -0.2) is 34.6 Å². The van der Waals surface area contributed by atoms with Crippen LogP contribution in [0.3, 0.4) is 0 Å². The number of hydrogen-bond donors (Lipinski definition) is 1. The van der Waals surface area contributed by atoms with Crippen LogP contribution in [0.15, 0.2) is 12.3 Å². The van der Waals surface area contributed by atoms with Gasteiger partial charge in [0.25, 0.3) is 0 Å². The fourth-order valence-electron chi connectivity index (χ4n) is 1.34.